The number of nitrogen functional groups attached to an aromatic ring is 1. The molecule has 1 saturated heterocycles. The van der Waals surface area contributed by atoms with E-state index in [2.05, 4.69) is 13.8 Å². The third-order valence-corrected chi connectivity index (χ3v) is 6.58. The number of aryl methyl sites for hydroxylation is 2. The predicted octanol–water partition coefficient (Wildman–Crippen LogP) is 3.09. The van der Waals surface area contributed by atoms with Crippen LogP contribution in [0.25, 0.3) is 0 Å². The van der Waals surface area contributed by atoms with Crippen LogP contribution in [0.2, 0.25) is 0 Å². The lowest BCUT2D eigenvalue weighted by Crippen LogP contribution is -2.33. The van der Waals surface area contributed by atoms with Crippen LogP contribution in [0.1, 0.15) is 44.2 Å². The van der Waals surface area contributed by atoms with Gasteiger partial charge in [0.25, 0.3) is 0 Å². The molecule has 4 nitrogen and oxygen atoms in total. The van der Waals surface area contributed by atoms with Crippen molar-refractivity contribution in [1.29, 1.82) is 0 Å². The highest BCUT2D eigenvalue weighted by Gasteiger charge is 2.32. The maximum atomic E-state index is 13.0. The fraction of sp³-hybridized carbons (Fsp3) is 0.625. The van der Waals surface area contributed by atoms with Crippen LogP contribution in [0.3, 0.4) is 0 Å². The first-order chi connectivity index (χ1) is 9.63. The van der Waals surface area contributed by atoms with Crippen LogP contribution in [0.5, 0.6) is 0 Å². The van der Waals surface area contributed by atoms with Gasteiger partial charge in [0, 0.05) is 18.8 Å². The van der Waals surface area contributed by atoms with Gasteiger partial charge in [0.2, 0.25) is 10.0 Å². The molecule has 21 heavy (non-hydrogen) atoms. The second-order valence-corrected chi connectivity index (χ2v) is 8.78. The average Bonchev–Trinajstić information content (AvgIpc) is 2.48. The normalized spacial score (nSPS) is 20.2. The van der Waals surface area contributed by atoms with E-state index in [1.54, 1.807) is 16.4 Å². The molecule has 118 valence electrons. The Morgan fingerprint density at radius 2 is 1.67 bits per heavy atom. The molecule has 0 atom stereocenters. The number of rotatable bonds is 2. The molecule has 2 N–H and O–H groups in total. The Hall–Kier alpha value is -1.07. The highest BCUT2D eigenvalue weighted by molar-refractivity contribution is 7.89. The number of sulfonamides is 1. The zero-order valence-corrected chi connectivity index (χ0v) is 14.3. The molecule has 0 bridgehead atoms. The minimum atomic E-state index is -3.44. The average molecular weight is 310 g/mol. The third-order valence-electron chi connectivity index (χ3n) is 4.38. The van der Waals surface area contributed by atoms with Crippen molar-refractivity contribution < 1.29 is 8.42 Å². The van der Waals surface area contributed by atoms with Crippen LogP contribution < -0.4 is 5.73 Å². The zero-order chi connectivity index (χ0) is 15.8. The lowest BCUT2D eigenvalue weighted by Gasteiger charge is -2.24. The van der Waals surface area contributed by atoms with Crippen LogP contribution >= 0.6 is 0 Å². The summed E-state index contributed by atoms with van der Waals surface area (Å²) in [6, 6.07) is 3.48. The van der Waals surface area contributed by atoms with Crippen molar-refractivity contribution in [3.05, 3.63) is 23.3 Å². The van der Waals surface area contributed by atoms with E-state index in [4.69, 9.17) is 5.73 Å². The fourth-order valence-corrected chi connectivity index (χ4v) is 5.05. The predicted molar refractivity (Wildman–Crippen MR) is 86.7 cm³/mol. The number of nitrogens with zero attached hydrogens (tertiary/aromatic N) is 1. The van der Waals surface area contributed by atoms with Gasteiger partial charge in [-0.05, 0) is 61.8 Å². The molecule has 0 radical (unpaired) electrons. The van der Waals surface area contributed by atoms with E-state index in [9.17, 15) is 8.42 Å². The smallest absolute Gasteiger partial charge is 0.243 e. The molecular weight excluding hydrogens is 284 g/mol. The fourth-order valence-electron chi connectivity index (χ4n) is 3.16. The summed E-state index contributed by atoms with van der Waals surface area (Å²) in [4.78, 5) is 0.427. The second-order valence-electron chi connectivity index (χ2n) is 6.91. The molecule has 2 rings (SSSR count). The number of nitrogens with two attached hydrogens (primary N) is 1. The van der Waals surface area contributed by atoms with Gasteiger partial charge < -0.3 is 5.73 Å². The zero-order valence-electron chi connectivity index (χ0n) is 13.4. The summed E-state index contributed by atoms with van der Waals surface area (Å²) in [5.74, 6) is 0. The minimum Gasteiger partial charge on any atom is -0.399 e. The molecule has 5 heteroatoms. The van der Waals surface area contributed by atoms with Gasteiger partial charge in [0.1, 0.15) is 0 Å². The van der Waals surface area contributed by atoms with E-state index in [1.807, 2.05) is 13.8 Å². The van der Waals surface area contributed by atoms with Gasteiger partial charge in [0.15, 0.2) is 0 Å². The third kappa shape index (κ3) is 3.40. The molecule has 1 heterocycles. The first-order valence-electron chi connectivity index (χ1n) is 7.50. The van der Waals surface area contributed by atoms with E-state index < -0.39 is 10.0 Å². The van der Waals surface area contributed by atoms with Crippen molar-refractivity contribution in [3.8, 4) is 0 Å². The first-order valence-corrected chi connectivity index (χ1v) is 8.94. The molecule has 1 aromatic rings. The minimum absolute atomic E-state index is 0.218. The number of hydrogen-bond donors (Lipinski definition) is 1. The van der Waals surface area contributed by atoms with Crippen molar-refractivity contribution in [1.82, 2.24) is 4.31 Å². The molecule has 0 aromatic heterocycles. The van der Waals surface area contributed by atoms with E-state index in [-0.39, 0.29) is 5.41 Å². The van der Waals surface area contributed by atoms with Crippen LogP contribution in [0.15, 0.2) is 17.0 Å². The first kappa shape index (κ1) is 16.3. The summed E-state index contributed by atoms with van der Waals surface area (Å²) in [7, 11) is -3.44. The molecule has 0 saturated carbocycles. The Kier molecular flexibility index (Phi) is 4.36. The second kappa shape index (κ2) is 5.61. The maximum Gasteiger partial charge on any atom is 0.243 e. The molecule has 0 aliphatic carbocycles. The summed E-state index contributed by atoms with van der Waals surface area (Å²) in [5, 5.41) is 0. The van der Waals surface area contributed by atoms with Gasteiger partial charge in [-0.15, -0.1) is 0 Å². The van der Waals surface area contributed by atoms with Crippen LogP contribution in [0.4, 0.5) is 5.69 Å². The summed E-state index contributed by atoms with van der Waals surface area (Å²) >= 11 is 0. The van der Waals surface area contributed by atoms with Gasteiger partial charge >= 0.3 is 0 Å². The van der Waals surface area contributed by atoms with E-state index >= 15 is 0 Å². The number of anilines is 1. The van der Waals surface area contributed by atoms with E-state index in [0.717, 1.165) is 30.4 Å². The maximum absolute atomic E-state index is 13.0. The highest BCUT2D eigenvalue weighted by atomic mass is 32.2. The summed E-state index contributed by atoms with van der Waals surface area (Å²) in [6.45, 7) is 9.26. The molecule has 0 unspecified atom stereocenters. The van der Waals surface area contributed by atoms with Gasteiger partial charge in [0.05, 0.1) is 4.90 Å². The number of benzene rings is 1. The van der Waals surface area contributed by atoms with Gasteiger partial charge in [-0.2, -0.15) is 4.31 Å². The topological polar surface area (TPSA) is 63.4 Å². The molecule has 1 fully saturated rings. The van der Waals surface area contributed by atoms with Crippen molar-refractivity contribution in [2.75, 3.05) is 18.8 Å². The van der Waals surface area contributed by atoms with Crippen molar-refractivity contribution in [2.45, 2.75) is 51.9 Å². The van der Waals surface area contributed by atoms with E-state index in [0.29, 0.717) is 23.7 Å². The van der Waals surface area contributed by atoms with Crippen LogP contribution in [-0.4, -0.2) is 25.8 Å². The largest absolute Gasteiger partial charge is 0.399 e. The SMILES string of the molecule is Cc1cc(N)cc(C)c1S(=O)(=O)N1CCCC(C)(C)CC1. The highest BCUT2D eigenvalue weighted by Crippen LogP contribution is 2.33. The summed E-state index contributed by atoms with van der Waals surface area (Å²) in [6.07, 6.45) is 2.89. The molecule has 1 aliphatic heterocycles. The van der Waals surface area contributed by atoms with Crippen molar-refractivity contribution in [2.24, 2.45) is 5.41 Å². The number of hydrogen-bond acceptors (Lipinski definition) is 3. The Morgan fingerprint density at radius 3 is 2.24 bits per heavy atom. The standard InChI is InChI=1S/C16H26N2O2S/c1-12-10-14(17)11-13(2)15(12)21(19,20)18-8-5-6-16(3,4)7-9-18/h10-11H,5-9,17H2,1-4H3. The quantitative estimate of drug-likeness (QED) is 0.854. The van der Waals surface area contributed by atoms with Gasteiger partial charge in [-0.1, -0.05) is 13.8 Å². The van der Waals surface area contributed by atoms with Crippen LogP contribution in [0, 0.1) is 19.3 Å². The molecular formula is C16H26N2O2S. The monoisotopic (exact) mass is 310 g/mol. The molecule has 1 aliphatic rings. The summed E-state index contributed by atoms with van der Waals surface area (Å²) in [5.41, 5.74) is 8.10. The van der Waals surface area contributed by atoms with Crippen molar-refractivity contribution in [3.63, 3.8) is 0 Å². The molecule has 0 amide bonds. The lowest BCUT2D eigenvalue weighted by atomic mass is 9.85. The molecule has 1 aromatic carbocycles. The lowest BCUT2D eigenvalue weighted by molar-refractivity contribution is 0.314. The van der Waals surface area contributed by atoms with Crippen LogP contribution in [-0.2, 0) is 10.0 Å². The van der Waals surface area contributed by atoms with E-state index in [1.165, 1.54) is 0 Å². The molecule has 0 spiro atoms. The Morgan fingerprint density at radius 1 is 1.10 bits per heavy atom. The Labute approximate surface area is 128 Å². The summed E-state index contributed by atoms with van der Waals surface area (Å²) < 4.78 is 27.6. The van der Waals surface area contributed by atoms with Gasteiger partial charge in [-0.3, -0.25) is 0 Å². The Bertz CT molecular complexity index is 613. The van der Waals surface area contributed by atoms with Gasteiger partial charge in [-0.25, -0.2) is 8.42 Å². The Balaban J connectivity index is 2.39. The van der Waals surface area contributed by atoms with Crippen molar-refractivity contribution >= 4 is 15.7 Å².